The van der Waals surface area contributed by atoms with Gasteiger partial charge in [0, 0.05) is 0 Å². The predicted octanol–water partition coefficient (Wildman–Crippen LogP) is 3.52. The second kappa shape index (κ2) is 4.90. The number of hydrogen-bond acceptors (Lipinski definition) is 0. The summed E-state index contributed by atoms with van der Waals surface area (Å²) in [6, 6.07) is 6.64. The monoisotopic (exact) mass is 213 g/mol. The topological polar surface area (TPSA) is 0 Å². The Balaban J connectivity index is 2.93. The number of benzene rings is 1. The summed E-state index contributed by atoms with van der Waals surface area (Å²) in [5, 5.41) is 0. The normalized spacial score (nSPS) is 11.3. The molecule has 0 aromatic heterocycles. The van der Waals surface area contributed by atoms with Gasteiger partial charge < -0.3 is 0 Å². The minimum atomic E-state index is 0.190. The highest BCUT2D eigenvalue weighted by atomic mass is 14.2. The van der Waals surface area contributed by atoms with Crippen LogP contribution in [0.4, 0.5) is 0 Å². The first-order valence-electron chi connectivity index (χ1n) is 5.91. The Morgan fingerprint density at radius 2 is 1.94 bits per heavy atom. The third-order valence-electron chi connectivity index (χ3n) is 3.08. The average molecular weight is 213 g/mol. The molecule has 0 saturated carbocycles. The quantitative estimate of drug-likeness (QED) is 0.532. The summed E-state index contributed by atoms with van der Waals surface area (Å²) in [4.78, 5) is 0. The van der Waals surface area contributed by atoms with E-state index in [2.05, 4.69) is 66.6 Å². The molecule has 1 aromatic carbocycles. The van der Waals surface area contributed by atoms with Gasteiger partial charge in [-0.05, 0) is 18.8 Å². The molecule has 16 heavy (non-hydrogen) atoms. The van der Waals surface area contributed by atoms with Crippen LogP contribution in [0.25, 0.3) is 0 Å². The van der Waals surface area contributed by atoms with E-state index in [1.54, 1.807) is 0 Å². The minimum Gasteiger partial charge on any atom is -0.0990 e. The molecule has 0 saturated heterocycles. The first kappa shape index (κ1) is 13.1. The van der Waals surface area contributed by atoms with Gasteiger partial charge in [-0.25, -0.2) is 0 Å². The zero-order chi connectivity index (χ0) is 12.3. The van der Waals surface area contributed by atoms with Crippen LogP contribution >= 0.6 is 0 Å². The van der Waals surface area contributed by atoms with E-state index in [-0.39, 0.29) is 5.41 Å². The standard InChI is InChI=1S/C15H22B/c1-11-7-8-13(14(9-11)16-6)10-12(2)15(3,4)5/h7-9H,2,10H2,1,3-6H3. The van der Waals surface area contributed by atoms with Crippen LogP contribution in [0.15, 0.2) is 30.4 Å². The first-order chi connectivity index (χ1) is 7.34. The Bertz CT molecular complexity index is 383. The van der Waals surface area contributed by atoms with Crippen molar-refractivity contribution in [2.75, 3.05) is 0 Å². The van der Waals surface area contributed by atoms with E-state index < -0.39 is 0 Å². The van der Waals surface area contributed by atoms with Crippen molar-refractivity contribution in [1.82, 2.24) is 0 Å². The van der Waals surface area contributed by atoms with Crippen molar-refractivity contribution in [2.45, 2.75) is 40.9 Å². The van der Waals surface area contributed by atoms with Gasteiger partial charge in [0.1, 0.15) is 7.28 Å². The Labute approximate surface area is 101 Å². The van der Waals surface area contributed by atoms with Crippen molar-refractivity contribution in [3.8, 4) is 0 Å². The fraction of sp³-hybridized carbons (Fsp3) is 0.467. The average Bonchev–Trinajstić information content (AvgIpc) is 2.19. The van der Waals surface area contributed by atoms with Crippen LogP contribution in [-0.2, 0) is 6.42 Å². The highest BCUT2D eigenvalue weighted by Crippen LogP contribution is 2.26. The molecule has 0 aliphatic rings. The van der Waals surface area contributed by atoms with Crippen molar-refractivity contribution >= 4 is 12.7 Å². The number of hydrogen-bond donors (Lipinski definition) is 0. The third kappa shape index (κ3) is 3.26. The van der Waals surface area contributed by atoms with Gasteiger partial charge in [0.2, 0.25) is 0 Å². The van der Waals surface area contributed by atoms with E-state index in [1.807, 2.05) is 0 Å². The first-order valence-corrected chi connectivity index (χ1v) is 5.91. The molecule has 0 aliphatic carbocycles. The summed E-state index contributed by atoms with van der Waals surface area (Å²) in [5.41, 5.74) is 5.52. The third-order valence-corrected chi connectivity index (χ3v) is 3.08. The van der Waals surface area contributed by atoms with E-state index in [0.29, 0.717) is 0 Å². The van der Waals surface area contributed by atoms with E-state index in [4.69, 9.17) is 0 Å². The Hall–Kier alpha value is -0.975. The molecule has 0 spiro atoms. The predicted molar refractivity (Wildman–Crippen MR) is 74.7 cm³/mol. The Morgan fingerprint density at radius 1 is 1.31 bits per heavy atom. The lowest BCUT2D eigenvalue weighted by atomic mass is 9.69. The maximum Gasteiger partial charge on any atom is 0.148 e. The molecule has 1 rings (SSSR count). The summed E-state index contributed by atoms with van der Waals surface area (Å²) in [6.07, 6.45) is 0.976. The molecular formula is C15H22B. The van der Waals surface area contributed by atoms with E-state index >= 15 is 0 Å². The maximum atomic E-state index is 4.21. The molecule has 1 heteroatoms. The number of rotatable bonds is 3. The van der Waals surface area contributed by atoms with Crippen LogP contribution in [0.5, 0.6) is 0 Å². The fourth-order valence-electron chi connectivity index (χ4n) is 1.64. The lowest BCUT2D eigenvalue weighted by molar-refractivity contribution is 0.494. The van der Waals surface area contributed by atoms with Gasteiger partial charge in [-0.15, -0.1) is 0 Å². The molecule has 1 aromatic rings. The zero-order valence-electron chi connectivity index (χ0n) is 11.2. The lowest BCUT2D eigenvalue weighted by Crippen LogP contribution is -2.20. The summed E-state index contributed by atoms with van der Waals surface area (Å²) < 4.78 is 0. The molecule has 0 atom stereocenters. The summed E-state index contributed by atoms with van der Waals surface area (Å²) in [6.45, 7) is 15.1. The summed E-state index contributed by atoms with van der Waals surface area (Å²) in [7, 11) is 2.18. The molecule has 0 fully saturated rings. The number of aryl methyl sites for hydroxylation is 1. The van der Waals surface area contributed by atoms with Gasteiger partial charge in [-0.2, -0.15) is 0 Å². The molecule has 0 unspecified atom stereocenters. The van der Waals surface area contributed by atoms with Crippen molar-refractivity contribution in [3.63, 3.8) is 0 Å². The SMILES string of the molecule is C=C(Cc1ccc(C)cc1[B]C)C(C)(C)C. The second-order valence-corrected chi connectivity index (χ2v) is 5.52. The van der Waals surface area contributed by atoms with Gasteiger partial charge in [0.25, 0.3) is 0 Å². The molecule has 0 bridgehead atoms. The van der Waals surface area contributed by atoms with Crippen molar-refractivity contribution < 1.29 is 0 Å². The van der Waals surface area contributed by atoms with Crippen molar-refractivity contribution in [2.24, 2.45) is 5.41 Å². The maximum absolute atomic E-state index is 4.21. The molecule has 0 amide bonds. The second-order valence-electron chi connectivity index (χ2n) is 5.52. The van der Waals surface area contributed by atoms with Gasteiger partial charge in [-0.3, -0.25) is 0 Å². The van der Waals surface area contributed by atoms with Crippen molar-refractivity contribution in [3.05, 3.63) is 41.5 Å². The van der Waals surface area contributed by atoms with Crippen LogP contribution in [0.2, 0.25) is 6.82 Å². The fourth-order valence-corrected chi connectivity index (χ4v) is 1.64. The molecular weight excluding hydrogens is 191 g/mol. The van der Waals surface area contributed by atoms with Crippen LogP contribution in [0.1, 0.15) is 31.9 Å². The molecule has 0 aliphatic heterocycles. The van der Waals surface area contributed by atoms with E-state index in [9.17, 15) is 0 Å². The van der Waals surface area contributed by atoms with Crippen LogP contribution < -0.4 is 5.46 Å². The largest absolute Gasteiger partial charge is 0.148 e. The Kier molecular flexibility index (Phi) is 4.01. The molecule has 85 valence electrons. The van der Waals surface area contributed by atoms with Gasteiger partial charge in [-0.1, -0.05) is 74.5 Å². The van der Waals surface area contributed by atoms with Gasteiger partial charge in [0.15, 0.2) is 0 Å². The van der Waals surface area contributed by atoms with Crippen LogP contribution in [0, 0.1) is 12.3 Å². The van der Waals surface area contributed by atoms with Gasteiger partial charge in [0.05, 0.1) is 0 Å². The molecule has 0 N–H and O–H groups in total. The van der Waals surface area contributed by atoms with E-state index in [0.717, 1.165) is 6.42 Å². The van der Waals surface area contributed by atoms with E-state index in [1.165, 1.54) is 22.2 Å². The number of allylic oxidation sites excluding steroid dienone is 1. The highest BCUT2D eigenvalue weighted by Gasteiger charge is 2.15. The smallest absolute Gasteiger partial charge is 0.0990 e. The highest BCUT2D eigenvalue weighted by molar-refractivity contribution is 6.52. The molecule has 0 heterocycles. The molecule has 1 radical (unpaired) electrons. The lowest BCUT2D eigenvalue weighted by Gasteiger charge is -2.23. The zero-order valence-corrected chi connectivity index (χ0v) is 11.2. The van der Waals surface area contributed by atoms with Crippen LogP contribution in [-0.4, -0.2) is 7.28 Å². The summed E-state index contributed by atoms with van der Waals surface area (Å²) in [5.74, 6) is 0. The molecule has 0 nitrogen and oxygen atoms in total. The minimum absolute atomic E-state index is 0.190. The van der Waals surface area contributed by atoms with Crippen LogP contribution in [0.3, 0.4) is 0 Å². The Morgan fingerprint density at radius 3 is 2.44 bits per heavy atom. The van der Waals surface area contributed by atoms with Crippen molar-refractivity contribution in [1.29, 1.82) is 0 Å². The summed E-state index contributed by atoms with van der Waals surface area (Å²) >= 11 is 0. The van der Waals surface area contributed by atoms with Gasteiger partial charge >= 0.3 is 0 Å².